The number of halogens is 3. The summed E-state index contributed by atoms with van der Waals surface area (Å²) >= 11 is 18.4. The lowest BCUT2D eigenvalue weighted by atomic mass is 10.1. The Bertz CT molecular complexity index is 1290. The monoisotopic (exact) mass is 497 g/mol. The van der Waals surface area contributed by atoms with Crippen molar-refractivity contribution in [2.24, 2.45) is 0 Å². The van der Waals surface area contributed by atoms with E-state index < -0.39 is 21.8 Å². The number of para-hydroxylation sites is 1. The van der Waals surface area contributed by atoms with Crippen molar-refractivity contribution in [1.29, 1.82) is 0 Å². The van der Waals surface area contributed by atoms with E-state index in [4.69, 9.17) is 34.8 Å². The van der Waals surface area contributed by atoms with Crippen molar-refractivity contribution < 1.29 is 18.3 Å². The summed E-state index contributed by atoms with van der Waals surface area (Å²) < 4.78 is 27.9. The fraction of sp³-hybridized carbons (Fsp3) is 0.0500. The summed E-state index contributed by atoms with van der Waals surface area (Å²) in [5, 5.41) is 13.4. The van der Waals surface area contributed by atoms with Gasteiger partial charge >= 0.3 is 6.03 Å². The van der Waals surface area contributed by atoms with Gasteiger partial charge in [0.2, 0.25) is 0 Å². The summed E-state index contributed by atoms with van der Waals surface area (Å²) in [6, 6.07) is 12.9. The highest BCUT2D eigenvalue weighted by Crippen LogP contribution is 2.41. The molecular weight excluding hydrogens is 485 g/mol. The number of aromatic hydroxyl groups is 1. The number of carbonyl (C=O) groups excluding carboxylic acids is 1. The molecule has 0 fully saturated rings. The van der Waals surface area contributed by atoms with Crippen LogP contribution in [0.2, 0.25) is 15.1 Å². The van der Waals surface area contributed by atoms with Crippen LogP contribution in [-0.4, -0.2) is 19.6 Å². The molecule has 0 aliphatic carbocycles. The third kappa shape index (κ3) is 4.12. The molecule has 160 valence electrons. The zero-order valence-corrected chi connectivity index (χ0v) is 18.6. The van der Waals surface area contributed by atoms with Gasteiger partial charge in [0.25, 0.3) is 10.0 Å². The number of hydrogen-bond acceptors (Lipinski definition) is 4. The molecule has 1 aliphatic rings. The molecule has 0 bridgehead atoms. The van der Waals surface area contributed by atoms with Gasteiger partial charge in [-0.05, 0) is 54.1 Å². The predicted molar refractivity (Wildman–Crippen MR) is 121 cm³/mol. The Morgan fingerprint density at radius 2 is 1.71 bits per heavy atom. The Morgan fingerprint density at radius 3 is 2.42 bits per heavy atom. The molecule has 7 nitrogen and oxygen atoms in total. The fourth-order valence-electron chi connectivity index (χ4n) is 3.21. The van der Waals surface area contributed by atoms with Crippen molar-refractivity contribution in [3.63, 3.8) is 0 Å². The van der Waals surface area contributed by atoms with E-state index in [0.717, 1.165) is 6.07 Å². The molecule has 0 saturated carbocycles. The van der Waals surface area contributed by atoms with E-state index in [0.29, 0.717) is 16.9 Å². The van der Waals surface area contributed by atoms with Crippen LogP contribution in [0.25, 0.3) is 0 Å². The number of rotatable bonds is 4. The molecule has 4 rings (SSSR count). The lowest BCUT2D eigenvalue weighted by molar-refractivity contribution is 0.247. The SMILES string of the molecule is O=C1NCc2cc(NS(=O)(=O)c3cc(Cl)ccc3O)ccc2N1c1c(Cl)cccc1Cl. The summed E-state index contributed by atoms with van der Waals surface area (Å²) in [7, 11) is -4.11. The second-order valence-corrected chi connectivity index (χ2v) is 9.53. The number of urea groups is 1. The first-order valence-electron chi connectivity index (χ1n) is 8.83. The molecule has 31 heavy (non-hydrogen) atoms. The highest BCUT2D eigenvalue weighted by Gasteiger charge is 2.29. The number of carbonyl (C=O) groups is 1. The van der Waals surface area contributed by atoms with Gasteiger partial charge in [-0.1, -0.05) is 40.9 Å². The van der Waals surface area contributed by atoms with E-state index >= 15 is 0 Å². The number of fused-ring (bicyclic) bond motifs is 1. The molecule has 0 unspecified atom stereocenters. The molecule has 11 heteroatoms. The van der Waals surface area contributed by atoms with Gasteiger partial charge in [0.05, 0.1) is 21.4 Å². The molecule has 0 aromatic heterocycles. The first kappa shape index (κ1) is 21.6. The van der Waals surface area contributed by atoms with Crippen LogP contribution in [0.1, 0.15) is 5.56 Å². The highest BCUT2D eigenvalue weighted by molar-refractivity contribution is 7.92. The minimum atomic E-state index is -4.11. The van der Waals surface area contributed by atoms with Crippen molar-refractivity contribution in [3.05, 3.63) is 75.2 Å². The molecule has 1 aliphatic heterocycles. The first-order chi connectivity index (χ1) is 14.7. The van der Waals surface area contributed by atoms with Crippen LogP contribution in [0.3, 0.4) is 0 Å². The van der Waals surface area contributed by atoms with Crippen molar-refractivity contribution in [2.45, 2.75) is 11.4 Å². The zero-order chi connectivity index (χ0) is 22.3. The number of nitrogens with zero attached hydrogens (tertiary/aromatic N) is 1. The minimum Gasteiger partial charge on any atom is -0.507 e. The van der Waals surface area contributed by atoms with E-state index in [1.807, 2.05) is 0 Å². The van der Waals surface area contributed by atoms with Crippen molar-refractivity contribution >= 4 is 67.9 Å². The molecule has 3 aromatic carbocycles. The molecule has 1 heterocycles. The standard InChI is InChI=1S/C20H14Cl3N3O4S/c21-12-4-7-17(27)18(9-12)31(29,30)25-13-5-6-16-11(8-13)10-24-20(28)26(16)19-14(22)2-1-3-15(19)23/h1-9,25,27H,10H2,(H,24,28). The smallest absolute Gasteiger partial charge is 0.326 e. The number of nitrogens with one attached hydrogen (secondary N) is 2. The summed E-state index contributed by atoms with van der Waals surface area (Å²) in [5.74, 6) is -0.429. The van der Waals surface area contributed by atoms with E-state index in [1.165, 1.54) is 23.1 Å². The normalized spacial score (nSPS) is 13.5. The average Bonchev–Trinajstić information content (AvgIpc) is 2.71. The Kier molecular flexibility index (Phi) is 5.65. The maximum atomic E-state index is 12.7. The summed E-state index contributed by atoms with van der Waals surface area (Å²) in [4.78, 5) is 13.6. The van der Waals surface area contributed by atoms with Gasteiger partial charge in [-0.25, -0.2) is 13.2 Å². The summed E-state index contributed by atoms with van der Waals surface area (Å²) in [6.45, 7) is 0.171. The number of sulfonamides is 1. The van der Waals surface area contributed by atoms with E-state index in [1.54, 1.807) is 30.3 Å². The number of hydrogen-bond donors (Lipinski definition) is 3. The molecule has 0 spiro atoms. The molecular formula is C20H14Cl3N3O4S. The van der Waals surface area contributed by atoms with Gasteiger partial charge in [-0.2, -0.15) is 0 Å². The van der Waals surface area contributed by atoms with Crippen LogP contribution in [0.5, 0.6) is 5.75 Å². The second-order valence-electron chi connectivity index (χ2n) is 6.63. The molecule has 3 N–H and O–H groups in total. The fourth-order valence-corrected chi connectivity index (χ4v) is 5.18. The number of anilines is 3. The van der Waals surface area contributed by atoms with Crippen molar-refractivity contribution in [1.82, 2.24) is 5.32 Å². The van der Waals surface area contributed by atoms with Gasteiger partial charge in [0.1, 0.15) is 10.6 Å². The number of benzene rings is 3. The highest BCUT2D eigenvalue weighted by atomic mass is 35.5. The Hall–Kier alpha value is -2.65. The number of phenols is 1. The van der Waals surface area contributed by atoms with Crippen LogP contribution in [-0.2, 0) is 16.6 Å². The average molecular weight is 499 g/mol. The van der Waals surface area contributed by atoms with Gasteiger partial charge < -0.3 is 10.4 Å². The Balaban J connectivity index is 1.72. The number of phenolic OH excluding ortho intramolecular Hbond substituents is 1. The zero-order valence-electron chi connectivity index (χ0n) is 15.6. The third-order valence-corrected chi connectivity index (χ3v) is 6.83. The third-order valence-electron chi connectivity index (χ3n) is 4.58. The second kappa shape index (κ2) is 8.12. The summed E-state index contributed by atoms with van der Waals surface area (Å²) in [6.07, 6.45) is 0. The van der Waals surface area contributed by atoms with Crippen LogP contribution < -0.4 is 14.9 Å². The first-order valence-corrected chi connectivity index (χ1v) is 11.5. The Morgan fingerprint density at radius 1 is 1.00 bits per heavy atom. The maximum Gasteiger partial charge on any atom is 0.326 e. The lowest BCUT2D eigenvalue weighted by Gasteiger charge is -2.31. The topological polar surface area (TPSA) is 98.7 Å². The van der Waals surface area contributed by atoms with Gasteiger partial charge in [0.15, 0.2) is 0 Å². The van der Waals surface area contributed by atoms with Gasteiger partial charge in [-0.3, -0.25) is 9.62 Å². The number of amides is 2. The minimum absolute atomic E-state index is 0.165. The largest absolute Gasteiger partial charge is 0.507 e. The molecule has 0 atom stereocenters. The van der Waals surface area contributed by atoms with Gasteiger partial charge in [0, 0.05) is 17.3 Å². The van der Waals surface area contributed by atoms with Crippen molar-refractivity contribution in [2.75, 3.05) is 9.62 Å². The summed E-state index contributed by atoms with van der Waals surface area (Å²) in [5.41, 5.74) is 1.69. The quantitative estimate of drug-likeness (QED) is 0.441. The molecule has 2 amide bonds. The molecule has 3 aromatic rings. The molecule has 0 saturated heterocycles. The van der Waals surface area contributed by atoms with Crippen LogP contribution in [0.15, 0.2) is 59.5 Å². The van der Waals surface area contributed by atoms with Gasteiger partial charge in [-0.15, -0.1) is 0 Å². The Labute approximate surface area is 193 Å². The van der Waals surface area contributed by atoms with E-state index in [2.05, 4.69) is 10.0 Å². The lowest BCUT2D eigenvalue weighted by Crippen LogP contribution is -2.41. The van der Waals surface area contributed by atoms with E-state index in [9.17, 15) is 18.3 Å². The predicted octanol–water partition coefficient (Wildman–Crippen LogP) is 5.51. The van der Waals surface area contributed by atoms with Crippen LogP contribution in [0, 0.1) is 0 Å². The van der Waals surface area contributed by atoms with Crippen LogP contribution >= 0.6 is 34.8 Å². The van der Waals surface area contributed by atoms with Crippen molar-refractivity contribution in [3.8, 4) is 5.75 Å². The van der Waals surface area contributed by atoms with E-state index in [-0.39, 0.29) is 32.2 Å². The maximum absolute atomic E-state index is 12.7. The molecule has 0 radical (unpaired) electrons. The van der Waals surface area contributed by atoms with Crippen LogP contribution in [0.4, 0.5) is 21.9 Å².